The number of nitrogens with two attached hydrogens (primary N) is 1. The molecule has 1 amide bonds. The minimum Gasteiger partial charge on any atom is -0.491 e. The van der Waals surface area contributed by atoms with Gasteiger partial charge in [-0.25, -0.2) is 9.59 Å². The fourth-order valence-corrected chi connectivity index (χ4v) is 3.41. The summed E-state index contributed by atoms with van der Waals surface area (Å²) in [6.07, 6.45) is 0. The van der Waals surface area contributed by atoms with Gasteiger partial charge in [0.25, 0.3) is 11.5 Å². The van der Waals surface area contributed by atoms with E-state index < -0.39 is 23.4 Å². The highest BCUT2D eigenvalue weighted by Crippen LogP contribution is 2.25. The van der Waals surface area contributed by atoms with E-state index in [-0.39, 0.29) is 42.4 Å². The average Bonchev–Trinajstić information content (AvgIpc) is 2.87. The highest BCUT2D eigenvalue weighted by atomic mass is 16.5. The maximum atomic E-state index is 13.1. The maximum Gasteiger partial charge on any atom is 0.342 e. The number of hydrogen-bond donors (Lipinski definition) is 2. The Morgan fingerprint density at radius 1 is 0.971 bits per heavy atom. The number of likely N-dealkylation sites (N-methyl/N-ethyl adjacent to an activating group) is 1. The second-order valence-corrected chi connectivity index (χ2v) is 7.26. The Hall–Kier alpha value is -4.54. The summed E-state index contributed by atoms with van der Waals surface area (Å²) in [5, 5.41) is 3.04. The number of fused-ring (bicyclic) bond motifs is 1. The number of carbonyl (C=O) groups is 3. The van der Waals surface area contributed by atoms with Crippen LogP contribution in [-0.4, -0.2) is 56.9 Å². The second-order valence-electron chi connectivity index (χ2n) is 7.26. The van der Waals surface area contributed by atoms with Crippen molar-refractivity contribution in [3.05, 3.63) is 63.9 Å². The Morgan fingerprint density at radius 2 is 1.71 bits per heavy atom. The van der Waals surface area contributed by atoms with E-state index in [9.17, 15) is 19.2 Å². The maximum absolute atomic E-state index is 13.1. The van der Waals surface area contributed by atoms with Gasteiger partial charge >= 0.3 is 11.9 Å². The molecule has 0 aliphatic rings. The monoisotopic (exact) mass is 483 g/mol. The topological polar surface area (TPSA) is 148 Å². The summed E-state index contributed by atoms with van der Waals surface area (Å²) < 4.78 is 22.1. The average molecular weight is 483 g/mol. The number of ether oxygens (including phenoxy) is 4. The molecule has 3 N–H and O–H groups in total. The first-order chi connectivity index (χ1) is 16.8. The van der Waals surface area contributed by atoms with Gasteiger partial charge in [0, 0.05) is 18.1 Å². The smallest absolute Gasteiger partial charge is 0.342 e. The number of carbonyl (C=O) groups excluding carboxylic acids is 3. The lowest BCUT2D eigenvalue weighted by atomic mass is 10.1. The zero-order valence-electron chi connectivity index (χ0n) is 19.5. The fourth-order valence-electron chi connectivity index (χ4n) is 3.41. The molecule has 11 heteroatoms. The molecule has 0 saturated heterocycles. The molecular formula is C24H25N3O8. The molecule has 0 fully saturated rings. The van der Waals surface area contributed by atoms with E-state index in [1.54, 1.807) is 18.2 Å². The molecule has 1 aromatic heterocycles. The third kappa shape index (κ3) is 5.52. The summed E-state index contributed by atoms with van der Waals surface area (Å²) in [4.78, 5) is 49.1. The van der Waals surface area contributed by atoms with Gasteiger partial charge in [-0.1, -0.05) is 6.07 Å². The summed E-state index contributed by atoms with van der Waals surface area (Å²) in [5.41, 5.74) is 6.36. The van der Waals surface area contributed by atoms with Crippen LogP contribution in [-0.2, 0) is 20.8 Å². The molecule has 0 aliphatic carbocycles. The van der Waals surface area contributed by atoms with Gasteiger partial charge in [0.15, 0.2) is 12.4 Å². The quantitative estimate of drug-likeness (QED) is 0.340. The Kier molecular flexibility index (Phi) is 7.92. The Morgan fingerprint density at radius 3 is 2.40 bits per heavy atom. The van der Waals surface area contributed by atoms with E-state index in [1.807, 2.05) is 0 Å². The summed E-state index contributed by atoms with van der Waals surface area (Å²) in [6, 6.07) is 11.0. The van der Waals surface area contributed by atoms with Gasteiger partial charge in [-0.15, -0.1) is 0 Å². The molecule has 3 aromatic rings. The van der Waals surface area contributed by atoms with Crippen LogP contribution in [0.3, 0.4) is 0 Å². The van der Waals surface area contributed by atoms with Crippen molar-refractivity contribution in [3.8, 4) is 11.5 Å². The number of benzene rings is 2. The van der Waals surface area contributed by atoms with Crippen LogP contribution in [0.1, 0.15) is 20.7 Å². The number of rotatable bonds is 9. The molecule has 0 unspecified atom stereocenters. The standard InChI is InChI=1S/C24H25N3O8/c1-26-20(28)13-35-19-12-14-11-15(25)7-8-17(14)27(22(19)29)9-10-34-18-6-4-5-16(23(30)32-2)21(18)24(31)33-3/h4-8,11-12H,9-10,13,25H2,1-3H3,(H,26,28). The van der Waals surface area contributed by atoms with Crippen LogP contribution in [0.2, 0.25) is 0 Å². The van der Waals surface area contributed by atoms with Crippen molar-refractivity contribution in [1.82, 2.24) is 9.88 Å². The lowest BCUT2D eigenvalue weighted by Gasteiger charge is -2.16. The van der Waals surface area contributed by atoms with Crippen molar-refractivity contribution in [3.63, 3.8) is 0 Å². The van der Waals surface area contributed by atoms with Gasteiger partial charge in [0.2, 0.25) is 0 Å². The van der Waals surface area contributed by atoms with Gasteiger partial charge < -0.3 is 34.6 Å². The largest absolute Gasteiger partial charge is 0.491 e. The van der Waals surface area contributed by atoms with Crippen LogP contribution in [0.25, 0.3) is 10.9 Å². The highest BCUT2D eigenvalue weighted by molar-refractivity contribution is 6.05. The number of pyridine rings is 1. The molecule has 11 nitrogen and oxygen atoms in total. The first-order valence-electron chi connectivity index (χ1n) is 10.5. The highest BCUT2D eigenvalue weighted by Gasteiger charge is 2.23. The summed E-state index contributed by atoms with van der Waals surface area (Å²) >= 11 is 0. The van der Waals surface area contributed by atoms with Crippen molar-refractivity contribution >= 4 is 34.4 Å². The Balaban J connectivity index is 1.94. The number of esters is 2. The molecular weight excluding hydrogens is 458 g/mol. The van der Waals surface area contributed by atoms with Gasteiger partial charge in [0.1, 0.15) is 17.9 Å². The number of hydrogen-bond acceptors (Lipinski definition) is 9. The summed E-state index contributed by atoms with van der Waals surface area (Å²) in [7, 11) is 3.84. The van der Waals surface area contributed by atoms with Crippen molar-refractivity contribution in [2.75, 3.05) is 40.2 Å². The lowest BCUT2D eigenvalue weighted by Crippen LogP contribution is -2.29. The molecule has 0 bridgehead atoms. The van der Waals surface area contributed by atoms with E-state index >= 15 is 0 Å². The normalized spacial score (nSPS) is 10.5. The number of nitrogen functional groups attached to an aromatic ring is 1. The zero-order valence-corrected chi connectivity index (χ0v) is 19.5. The summed E-state index contributed by atoms with van der Waals surface area (Å²) in [6.45, 7) is -0.328. The molecule has 35 heavy (non-hydrogen) atoms. The van der Waals surface area contributed by atoms with Crippen molar-refractivity contribution in [2.24, 2.45) is 0 Å². The molecule has 0 saturated carbocycles. The second kappa shape index (κ2) is 11.1. The number of methoxy groups -OCH3 is 2. The fraction of sp³-hybridized carbons (Fsp3) is 0.250. The van der Waals surface area contributed by atoms with Crippen LogP contribution in [0, 0.1) is 0 Å². The van der Waals surface area contributed by atoms with E-state index in [0.29, 0.717) is 16.6 Å². The van der Waals surface area contributed by atoms with Gasteiger partial charge in [0.05, 0.1) is 31.8 Å². The van der Waals surface area contributed by atoms with Crippen molar-refractivity contribution in [1.29, 1.82) is 0 Å². The molecule has 1 heterocycles. The predicted molar refractivity (Wildman–Crippen MR) is 127 cm³/mol. The molecule has 0 atom stereocenters. The third-order valence-electron chi connectivity index (χ3n) is 5.12. The van der Waals surface area contributed by atoms with Gasteiger partial charge in [-0.05, 0) is 36.4 Å². The van der Waals surface area contributed by atoms with E-state index in [4.69, 9.17) is 24.7 Å². The van der Waals surface area contributed by atoms with Crippen molar-refractivity contribution in [2.45, 2.75) is 6.54 Å². The van der Waals surface area contributed by atoms with Crippen molar-refractivity contribution < 1.29 is 33.3 Å². The van der Waals surface area contributed by atoms with E-state index in [2.05, 4.69) is 5.32 Å². The first kappa shape index (κ1) is 25.1. The van der Waals surface area contributed by atoms with Crippen LogP contribution in [0.15, 0.2) is 47.3 Å². The lowest BCUT2D eigenvalue weighted by molar-refractivity contribution is -0.122. The Bertz CT molecular complexity index is 1330. The molecule has 0 spiro atoms. The molecule has 3 rings (SSSR count). The van der Waals surface area contributed by atoms with Crippen LogP contribution in [0.4, 0.5) is 5.69 Å². The van der Waals surface area contributed by atoms with Gasteiger partial charge in [-0.3, -0.25) is 9.59 Å². The predicted octanol–water partition coefficient (Wildman–Crippen LogP) is 1.36. The Labute approximate surface area is 200 Å². The minimum atomic E-state index is -0.774. The van der Waals surface area contributed by atoms with E-state index in [1.165, 1.54) is 50.1 Å². The molecule has 2 aromatic carbocycles. The minimum absolute atomic E-state index is 0.0143. The first-order valence-corrected chi connectivity index (χ1v) is 10.5. The van der Waals surface area contributed by atoms with Crippen LogP contribution in [0.5, 0.6) is 11.5 Å². The number of nitrogens with one attached hydrogen (secondary N) is 1. The molecule has 0 radical (unpaired) electrons. The van der Waals surface area contributed by atoms with Crippen LogP contribution < -0.4 is 26.1 Å². The zero-order chi connectivity index (χ0) is 25.5. The van der Waals surface area contributed by atoms with Crippen LogP contribution >= 0.6 is 0 Å². The summed E-state index contributed by atoms with van der Waals surface area (Å²) in [5.74, 6) is -1.84. The number of anilines is 1. The number of amides is 1. The SMILES string of the molecule is CNC(=O)COc1cc2cc(N)ccc2n(CCOc2cccc(C(=O)OC)c2C(=O)OC)c1=O. The molecule has 0 aliphatic heterocycles. The number of aromatic nitrogens is 1. The number of nitrogens with zero attached hydrogens (tertiary/aromatic N) is 1. The molecule has 184 valence electrons. The van der Waals surface area contributed by atoms with Gasteiger partial charge in [-0.2, -0.15) is 0 Å². The van der Waals surface area contributed by atoms with E-state index in [0.717, 1.165) is 0 Å². The third-order valence-corrected chi connectivity index (χ3v) is 5.12.